The third kappa shape index (κ3) is 1.64. The van der Waals surface area contributed by atoms with Crippen molar-refractivity contribution < 1.29 is 4.42 Å². The monoisotopic (exact) mass is 269 g/mol. The van der Waals surface area contributed by atoms with Gasteiger partial charge in [0.1, 0.15) is 17.2 Å². The van der Waals surface area contributed by atoms with Crippen molar-refractivity contribution in [2.75, 3.05) is 5.73 Å². The van der Waals surface area contributed by atoms with E-state index in [9.17, 15) is 0 Å². The van der Waals surface area contributed by atoms with Crippen LogP contribution in [-0.2, 0) is 7.05 Å². The maximum atomic E-state index is 6.05. The standard InChI is InChI=1S/C16H19N3O/c1-8-6-9(2)15-12(7-10(3)20-15)13(8)14-11(4)16(17)19(5)18-14/h6-7H,17H2,1-5H3. The molecule has 0 unspecified atom stereocenters. The Hall–Kier alpha value is -2.23. The number of nitrogen functional groups attached to an aromatic ring is 1. The minimum Gasteiger partial charge on any atom is -0.461 e. The molecule has 2 aromatic heterocycles. The second-order valence-corrected chi connectivity index (χ2v) is 5.47. The Kier molecular flexibility index (Phi) is 2.64. The SMILES string of the molecule is Cc1cc2c(-c3nn(C)c(N)c3C)c(C)cc(C)c2o1. The Morgan fingerprint density at radius 1 is 1.10 bits per heavy atom. The number of nitrogens with zero attached hydrogens (tertiary/aromatic N) is 2. The maximum absolute atomic E-state index is 6.05. The molecule has 0 radical (unpaired) electrons. The van der Waals surface area contributed by atoms with Gasteiger partial charge < -0.3 is 10.2 Å². The molecule has 4 nitrogen and oxygen atoms in total. The van der Waals surface area contributed by atoms with Gasteiger partial charge >= 0.3 is 0 Å². The molecule has 0 atom stereocenters. The number of furan rings is 1. The Balaban J connectivity index is 2.44. The minimum atomic E-state index is 0.702. The van der Waals surface area contributed by atoms with Crippen LogP contribution in [0.3, 0.4) is 0 Å². The lowest BCUT2D eigenvalue weighted by Gasteiger charge is -2.07. The highest BCUT2D eigenvalue weighted by molar-refractivity contribution is 5.98. The summed E-state index contributed by atoms with van der Waals surface area (Å²) in [4.78, 5) is 0. The largest absolute Gasteiger partial charge is 0.461 e. The van der Waals surface area contributed by atoms with Gasteiger partial charge in [0, 0.05) is 23.6 Å². The highest BCUT2D eigenvalue weighted by Gasteiger charge is 2.19. The van der Waals surface area contributed by atoms with Gasteiger partial charge in [0.15, 0.2) is 0 Å². The molecule has 104 valence electrons. The van der Waals surface area contributed by atoms with Crippen LogP contribution in [0.25, 0.3) is 22.2 Å². The summed E-state index contributed by atoms with van der Waals surface area (Å²) >= 11 is 0. The van der Waals surface area contributed by atoms with Crippen LogP contribution in [0.2, 0.25) is 0 Å². The molecular weight excluding hydrogens is 250 g/mol. The number of aromatic nitrogens is 2. The van der Waals surface area contributed by atoms with Gasteiger partial charge in [0.2, 0.25) is 0 Å². The minimum absolute atomic E-state index is 0.702. The lowest BCUT2D eigenvalue weighted by Crippen LogP contribution is -1.97. The van der Waals surface area contributed by atoms with E-state index in [4.69, 9.17) is 10.2 Å². The molecule has 0 aliphatic carbocycles. The quantitative estimate of drug-likeness (QED) is 0.733. The van der Waals surface area contributed by atoms with Crippen molar-refractivity contribution in [2.45, 2.75) is 27.7 Å². The summed E-state index contributed by atoms with van der Waals surface area (Å²) in [7, 11) is 1.87. The van der Waals surface area contributed by atoms with E-state index in [0.717, 1.165) is 39.1 Å². The van der Waals surface area contributed by atoms with Crippen LogP contribution >= 0.6 is 0 Å². The fourth-order valence-electron chi connectivity index (χ4n) is 2.86. The molecular formula is C16H19N3O. The molecule has 4 heteroatoms. The van der Waals surface area contributed by atoms with Gasteiger partial charge in [-0.1, -0.05) is 6.07 Å². The van der Waals surface area contributed by atoms with E-state index in [-0.39, 0.29) is 0 Å². The number of aryl methyl sites for hydroxylation is 4. The molecule has 1 aromatic carbocycles. The van der Waals surface area contributed by atoms with Gasteiger partial charge in [-0.3, -0.25) is 4.68 Å². The van der Waals surface area contributed by atoms with Crippen molar-refractivity contribution in [3.63, 3.8) is 0 Å². The highest BCUT2D eigenvalue weighted by atomic mass is 16.3. The summed E-state index contributed by atoms with van der Waals surface area (Å²) < 4.78 is 7.55. The average Bonchev–Trinajstić information content (AvgIpc) is 2.87. The molecule has 0 bridgehead atoms. The average molecular weight is 269 g/mol. The molecule has 3 aromatic rings. The van der Waals surface area contributed by atoms with Gasteiger partial charge in [-0.2, -0.15) is 5.10 Å². The van der Waals surface area contributed by atoms with Crippen LogP contribution in [0.1, 0.15) is 22.5 Å². The zero-order valence-electron chi connectivity index (χ0n) is 12.5. The fourth-order valence-corrected chi connectivity index (χ4v) is 2.86. The third-order valence-corrected chi connectivity index (χ3v) is 3.88. The van der Waals surface area contributed by atoms with E-state index in [1.54, 1.807) is 4.68 Å². The summed E-state index contributed by atoms with van der Waals surface area (Å²) in [6.07, 6.45) is 0. The first-order valence-corrected chi connectivity index (χ1v) is 6.70. The number of fused-ring (bicyclic) bond motifs is 1. The number of benzene rings is 1. The summed E-state index contributed by atoms with van der Waals surface area (Å²) in [5.74, 6) is 1.62. The molecule has 0 saturated heterocycles. The second-order valence-electron chi connectivity index (χ2n) is 5.47. The van der Waals surface area contributed by atoms with Gasteiger partial charge in [0.25, 0.3) is 0 Å². The Morgan fingerprint density at radius 3 is 2.40 bits per heavy atom. The molecule has 0 aliphatic rings. The first-order chi connectivity index (χ1) is 9.40. The molecule has 0 amide bonds. The summed E-state index contributed by atoms with van der Waals surface area (Å²) in [6.45, 7) is 8.16. The molecule has 3 rings (SSSR count). The van der Waals surface area contributed by atoms with E-state index in [0.29, 0.717) is 5.82 Å². The molecule has 20 heavy (non-hydrogen) atoms. The van der Waals surface area contributed by atoms with Gasteiger partial charge in [-0.25, -0.2) is 0 Å². The molecule has 0 aliphatic heterocycles. The van der Waals surface area contributed by atoms with Crippen molar-refractivity contribution in [3.05, 3.63) is 34.6 Å². The van der Waals surface area contributed by atoms with Crippen LogP contribution in [0, 0.1) is 27.7 Å². The molecule has 2 heterocycles. The Labute approximate surface area is 118 Å². The van der Waals surface area contributed by atoms with Gasteiger partial charge in [0.05, 0.1) is 5.69 Å². The first kappa shape index (κ1) is 12.8. The molecule has 0 fully saturated rings. The lowest BCUT2D eigenvalue weighted by atomic mass is 9.96. The van der Waals surface area contributed by atoms with Crippen LogP contribution in [0.15, 0.2) is 16.5 Å². The number of hydrogen-bond donors (Lipinski definition) is 1. The van der Waals surface area contributed by atoms with Crippen molar-refractivity contribution >= 4 is 16.8 Å². The predicted octanol–water partition coefficient (Wildman–Crippen LogP) is 3.65. The smallest absolute Gasteiger partial charge is 0.137 e. The fraction of sp³-hybridized carbons (Fsp3) is 0.312. The predicted molar refractivity (Wildman–Crippen MR) is 81.8 cm³/mol. The number of nitrogens with two attached hydrogens (primary N) is 1. The van der Waals surface area contributed by atoms with E-state index < -0.39 is 0 Å². The third-order valence-electron chi connectivity index (χ3n) is 3.88. The van der Waals surface area contributed by atoms with Crippen molar-refractivity contribution in [1.29, 1.82) is 0 Å². The zero-order chi connectivity index (χ0) is 14.6. The van der Waals surface area contributed by atoms with E-state index in [1.807, 2.05) is 20.9 Å². The van der Waals surface area contributed by atoms with Gasteiger partial charge in [-0.15, -0.1) is 0 Å². The van der Waals surface area contributed by atoms with Crippen LogP contribution in [-0.4, -0.2) is 9.78 Å². The second kappa shape index (κ2) is 4.13. The Morgan fingerprint density at radius 2 is 1.80 bits per heavy atom. The highest BCUT2D eigenvalue weighted by Crippen LogP contribution is 2.37. The summed E-state index contributed by atoms with van der Waals surface area (Å²) in [5, 5.41) is 5.69. The molecule has 0 spiro atoms. The normalized spacial score (nSPS) is 11.4. The van der Waals surface area contributed by atoms with Crippen LogP contribution < -0.4 is 5.73 Å². The van der Waals surface area contributed by atoms with E-state index >= 15 is 0 Å². The van der Waals surface area contributed by atoms with Crippen molar-refractivity contribution in [2.24, 2.45) is 7.05 Å². The maximum Gasteiger partial charge on any atom is 0.137 e. The number of anilines is 1. The summed E-state index contributed by atoms with van der Waals surface area (Å²) in [6, 6.07) is 4.22. The van der Waals surface area contributed by atoms with Crippen LogP contribution in [0.4, 0.5) is 5.82 Å². The molecule has 2 N–H and O–H groups in total. The van der Waals surface area contributed by atoms with E-state index in [2.05, 4.69) is 31.1 Å². The lowest BCUT2D eigenvalue weighted by molar-refractivity contribution is 0.576. The summed E-state index contributed by atoms with van der Waals surface area (Å²) in [5.41, 5.74) is 12.4. The topological polar surface area (TPSA) is 57.0 Å². The van der Waals surface area contributed by atoms with Crippen molar-refractivity contribution in [1.82, 2.24) is 9.78 Å². The number of hydrogen-bond acceptors (Lipinski definition) is 3. The van der Waals surface area contributed by atoms with Crippen molar-refractivity contribution in [3.8, 4) is 11.3 Å². The Bertz CT molecular complexity index is 824. The van der Waals surface area contributed by atoms with Crippen LogP contribution in [0.5, 0.6) is 0 Å². The van der Waals surface area contributed by atoms with E-state index in [1.165, 1.54) is 5.56 Å². The zero-order valence-corrected chi connectivity index (χ0v) is 12.5. The molecule has 0 saturated carbocycles. The first-order valence-electron chi connectivity index (χ1n) is 6.70. The van der Waals surface area contributed by atoms with Gasteiger partial charge in [-0.05, 0) is 44.9 Å². The number of rotatable bonds is 1.